The van der Waals surface area contributed by atoms with E-state index in [-0.39, 0.29) is 12.5 Å². The van der Waals surface area contributed by atoms with Crippen molar-refractivity contribution in [2.24, 2.45) is 5.73 Å². The molecule has 134 valence electrons. The van der Waals surface area contributed by atoms with Gasteiger partial charge >= 0.3 is 0 Å². The molecule has 0 aromatic heterocycles. The first-order chi connectivity index (χ1) is 12.0. The van der Waals surface area contributed by atoms with Crippen LogP contribution < -0.4 is 20.5 Å². The zero-order valence-electron chi connectivity index (χ0n) is 14.2. The van der Waals surface area contributed by atoms with E-state index in [1.54, 1.807) is 29.2 Å². The Hall–Kier alpha value is -2.61. The Morgan fingerprint density at radius 3 is 2.80 bits per heavy atom. The fraction of sp³-hybridized carbons (Fsp3) is 0.353. The van der Waals surface area contributed by atoms with Crippen molar-refractivity contribution in [1.29, 1.82) is 0 Å². The van der Waals surface area contributed by atoms with Crippen LogP contribution >= 0.6 is 12.2 Å². The van der Waals surface area contributed by atoms with Crippen LogP contribution in [0.2, 0.25) is 0 Å². The molecule has 1 fully saturated rings. The van der Waals surface area contributed by atoms with Crippen LogP contribution in [0.5, 0.6) is 11.5 Å². The molecule has 1 aliphatic heterocycles. The first kappa shape index (κ1) is 18.7. The van der Waals surface area contributed by atoms with Gasteiger partial charge in [-0.15, -0.1) is 0 Å². The highest BCUT2D eigenvalue weighted by atomic mass is 32.1. The molecule has 0 aliphatic carbocycles. The quantitative estimate of drug-likeness (QED) is 0.536. The van der Waals surface area contributed by atoms with Crippen molar-refractivity contribution in [3.05, 3.63) is 29.5 Å². The third kappa shape index (κ3) is 4.69. The molecule has 1 aromatic carbocycles. The first-order valence-corrected chi connectivity index (χ1v) is 8.30. The van der Waals surface area contributed by atoms with Crippen molar-refractivity contribution in [3.8, 4) is 11.5 Å². The highest BCUT2D eigenvalue weighted by Crippen LogP contribution is 2.29. The van der Waals surface area contributed by atoms with Gasteiger partial charge in [0, 0.05) is 6.54 Å². The van der Waals surface area contributed by atoms with Gasteiger partial charge < -0.3 is 20.5 Å². The molecule has 3 N–H and O–H groups in total. The third-order valence-corrected chi connectivity index (χ3v) is 3.89. The van der Waals surface area contributed by atoms with Crippen LogP contribution in [0.3, 0.4) is 0 Å². The minimum atomic E-state index is -0.574. The number of nitrogens with zero attached hydrogens (tertiary/aromatic N) is 1. The van der Waals surface area contributed by atoms with Gasteiger partial charge in [0.2, 0.25) is 0 Å². The number of thiocarbonyl (C=S) groups is 1. The number of unbranched alkanes of at least 4 members (excludes halogenated alkanes) is 1. The Morgan fingerprint density at radius 1 is 1.40 bits per heavy atom. The van der Waals surface area contributed by atoms with E-state index in [9.17, 15) is 9.59 Å². The molecule has 1 saturated heterocycles. The molecule has 2 amide bonds. The fourth-order valence-electron chi connectivity index (χ4n) is 2.30. The smallest absolute Gasteiger partial charge is 0.276 e. The molecule has 0 atom stereocenters. The molecule has 7 nitrogen and oxygen atoms in total. The zero-order valence-corrected chi connectivity index (χ0v) is 15.0. The van der Waals surface area contributed by atoms with Crippen LogP contribution in [-0.4, -0.2) is 42.1 Å². The summed E-state index contributed by atoms with van der Waals surface area (Å²) < 4.78 is 10.5. The summed E-state index contributed by atoms with van der Waals surface area (Å²) in [6.45, 7) is 2.42. The maximum Gasteiger partial charge on any atom is 0.276 e. The number of hydrogen-bond acceptors (Lipinski definition) is 5. The summed E-state index contributed by atoms with van der Waals surface area (Å²) >= 11 is 5.22. The molecule has 0 radical (unpaired) electrons. The van der Waals surface area contributed by atoms with Gasteiger partial charge in [-0.1, -0.05) is 19.4 Å². The van der Waals surface area contributed by atoms with Gasteiger partial charge in [0.1, 0.15) is 5.70 Å². The van der Waals surface area contributed by atoms with Crippen LogP contribution in [0.4, 0.5) is 0 Å². The van der Waals surface area contributed by atoms with Gasteiger partial charge in [-0.3, -0.25) is 14.5 Å². The molecular weight excluding hydrogens is 342 g/mol. The summed E-state index contributed by atoms with van der Waals surface area (Å²) in [5.74, 6) is 0.113. The Labute approximate surface area is 151 Å². The Morgan fingerprint density at radius 2 is 2.16 bits per heavy atom. The average molecular weight is 363 g/mol. The number of carbonyl (C=O) groups is 2. The molecule has 1 aliphatic rings. The van der Waals surface area contributed by atoms with Gasteiger partial charge in [0.25, 0.3) is 11.8 Å². The lowest BCUT2D eigenvalue weighted by Gasteiger charge is -2.12. The molecule has 0 spiro atoms. The number of methoxy groups -OCH3 is 1. The molecular formula is C17H21N3O4S. The van der Waals surface area contributed by atoms with Crippen molar-refractivity contribution in [2.75, 3.05) is 20.3 Å². The monoisotopic (exact) mass is 363 g/mol. The SMILES string of the molecule is CCCCN1C(=O)/C(=C\c2ccc(OCC(N)=O)c(OC)c2)NC1=S. The molecule has 0 saturated carbocycles. The van der Waals surface area contributed by atoms with Crippen LogP contribution in [-0.2, 0) is 9.59 Å². The van der Waals surface area contributed by atoms with Crippen molar-refractivity contribution in [1.82, 2.24) is 10.2 Å². The summed E-state index contributed by atoms with van der Waals surface area (Å²) in [4.78, 5) is 24.8. The van der Waals surface area contributed by atoms with Crippen LogP contribution in [0, 0.1) is 0 Å². The van der Waals surface area contributed by atoms with E-state index in [4.69, 9.17) is 27.4 Å². The molecule has 1 heterocycles. The van der Waals surface area contributed by atoms with E-state index in [1.165, 1.54) is 7.11 Å². The maximum absolute atomic E-state index is 12.4. The Bertz CT molecular complexity index is 718. The number of primary amides is 1. The van der Waals surface area contributed by atoms with E-state index in [0.717, 1.165) is 18.4 Å². The van der Waals surface area contributed by atoms with Gasteiger partial charge in [-0.05, 0) is 42.4 Å². The molecule has 1 aromatic rings. The number of carbonyl (C=O) groups excluding carboxylic acids is 2. The van der Waals surface area contributed by atoms with Gasteiger partial charge in [0.15, 0.2) is 23.2 Å². The maximum atomic E-state index is 12.4. The molecule has 2 rings (SSSR count). The minimum absolute atomic E-state index is 0.147. The molecule has 25 heavy (non-hydrogen) atoms. The van der Waals surface area contributed by atoms with Crippen molar-refractivity contribution < 1.29 is 19.1 Å². The molecule has 0 bridgehead atoms. The number of hydrogen-bond donors (Lipinski definition) is 2. The van der Waals surface area contributed by atoms with Crippen molar-refractivity contribution in [3.63, 3.8) is 0 Å². The van der Waals surface area contributed by atoms with Gasteiger partial charge in [0.05, 0.1) is 7.11 Å². The predicted molar refractivity (Wildman–Crippen MR) is 98.0 cm³/mol. The Kier molecular flexibility index (Phi) is 6.35. The van der Waals surface area contributed by atoms with Crippen LogP contribution in [0.15, 0.2) is 23.9 Å². The normalized spacial score (nSPS) is 15.4. The van der Waals surface area contributed by atoms with E-state index < -0.39 is 5.91 Å². The van der Waals surface area contributed by atoms with Gasteiger partial charge in [-0.25, -0.2) is 0 Å². The second kappa shape index (κ2) is 8.48. The van der Waals surface area contributed by atoms with Crippen molar-refractivity contribution >= 4 is 35.2 Å². The summed E-state index contributed by atoms with van der Waals surface area (Å²) in [5.41, 5.74) is 6.22. The number of amides is 2. The first-order valence-electron chi connectivity index (χ1n) is 7.90. The van der Waals surface area contributed by atoms with Crippen LogP contribution in [0.25, 0.3) is 6.08 Å². The average Bonchev–Trinajstić information content (AvgIpc) is 2.85. The number of ether oxygens (including phenoxy) is 2. The highest BCUT2D eigenvalue weighted by Gasteiger charge is 2.29. The van der Waals surface area contributed by atoms with E-state index in [1.807, 2.05) is 0 Å². The van der Waals surface area contributed by atoms with Gasteiger partial charge in [-0.2, -0.15) is 0 Å². The lowest BCUT2D eigenvalue weighted by molar-refractivity contribution is -0.122. The summed E-state index contributed by atoms with van der Waals surface area (Å²) in [5, 5.41) is 3.35. The van der Waals surface area contributed by atoms with E-state index in [0.29, 0.717) is 28.9 Å². The number of nitrogens with one attached hydrogen (secondary N) is 1. The van der Waals surface area contributed by atoms with Crippen LogP contribution in [0.1, 0.15) is 25.3 Å². The standard InChI is InChI=1S/C17H21N3O4S/c1-3-4-7-20-16(22)12(19-17(20)25)8-11-5-6-13(14(9-11)23-2)24-10-15(18)21/h5-6,8-9H,3-4,7,10H2,1-2H3,(H2,18,21)(H,19,25)/b12-8+. The second-order valence-electron chi connectivity index (χ2n) is 5.46. The number of nitrogens with two attached hydrogens (primary N) is 1. The van der Waals surface area contributed by atoms with E-state index >= 15 is 0 Å². The predicted octanol–water partition coefficient (Wildman–Crippen LogP) is 1.42. The highest BCUT2D eigenvalue weighted by molar-refractivity contribution is 7.80. The number of benzene rings is 1. The molecule has 0 unspecified atom stereocenters. The Balaban J connectivity index is 2.19. The third-order valence-electron chi connectivity index (χ3n) is 3.57. The van der Waals surface area contributed by atoms with Crippen molar-refractivity contribution in [2.45, 2.75) is 19.8 Å². The fourth-order valence-corrected chi connectivity index (χ4v) is 2.58. The van der Waals surface area contributed by atoms with E-state index in [2.05, 4.69) is 12.2 Å². The zero-order chi connectivity index (χ0) is 18.4. The summed E-state index contributed by atoms with van der Waals surface area (Å²) in [7, 11) is 1.49. The molecule has 8 heteroatoms. The lowest BCUT2D eigenvalue weighted by Crippen LogP contribution is -2.31. The number of rotatable bonds is 8. The topological polar surface area (TPSA) is 93.9 Å². The second-order valence-corrected chi connectivity index (χ2v) is 5.85. The minimum Gasteiger partial charge on any atom is -0.493 e. The largest absolute Gasteiger partial charge is 0.493 e. The lowest BCUT2D eigenvalue weighted by atomic mass is 10.1. The summed E-state index contributed by atoms with van der Waals surface area (Å²) in [6, 6.07) is 5.11. The summed E-state index contributed by atoms with van der Waals surface area (Å²) in [6.07, 6.45) is 3.57.